The van der Waals surface area contributed by atoms with Gasteiger partial charge >= 0.3 is 5.97 Å². The van der Waals surface area contributed by atoms with E-state index in [1.165, 1.54) is 11.1 Å². The van der Waals surface area contributed by atoms with Gasteiger partial charge in [-0.3, -0.25) is 9.69 Å². The van der Waals surface area contributed by atoms with Crippen molar-refractivity contribution in [2.45, 2.75) is 33.7 Å². The summed E-state index contributed by atoms with van der Waals surface area (Å²) in [6, 6.07) is 8.29. The van der Waals surface area contributed by atoms with Gasteiger partial charge in [-0.1, -0.05) is 38.1 Å². The van der Waals surface area contributed by atoms with Crippen LogP contribution >= 0.6 is 0 Å². The zero-order valence-corrected chi connectivity index (χ0v) is 11.7. The third-order valence-corrected chi connectivity index (χ3v) is 3.12. The molecular weight excluding hydrogens is 226 g/mol. The topological polar surface area (TPSA) is 40.5 Å². The van der Waals surface area contributed by atoms with E-state index in [2.05, 4.69) is 39.8 Å². The molecule has 1 aromatic rings. The molecule has 0 bridgehead atoms. The summed E-state index contributed by atoms with van der Waals surface area (Å²) in [5.41, 5.74) is 2.42. The summed E-state index contributed by atoms with van der Waals surface area (Å²) < 4.78 is 0. The molecule has 0 aromatic heterocycles. The molecule has 1 rings (SSSR count). The number of hydrogen-bond donors (Lipinski definition) is 1. The van der Waals surface area contributed by atoms with Crippen LogP contribution in [0.3, 0.4) is 0 Å². The summed E-state index contributed by atoms with van der Waals surface area (Å²) in [6.07, 6.45) is 0. The van der Waals surface area contributed by atoms with Crippen LogP contribution < -0.4 is 0 Å². The number of nitrogens with zero attached hydrogens (tertiary/aromatic N) is 1. The minimum atomic E-state index is -0.768. The smallest absolute Gasteiger partial charge is 0.317 e. The van der Waals surface area contributed by atoms with Gasteiger partial charge in [0.2, 0.25) is 0 Å². The highest BCUT2D eigenvalue weighted by atomic mass is 16.4. The Balaban J connectivity index is 2.90. The predicted octanol–water partition coefficient (Wildman–Crippen LogP) is 3.10. The van der Waals surface area contributed by atoms with Crippen molar-refractivity contribution in [2.24, 2.45) is 5.92 Å². The fraction of sp³-hybridized carbons (Fsp3) is 0.533. The second-order valence-corrected chi connectivity index (χ2v) is 5.25. The van der Waals surface area contributed by atoms with Crippen LogP contribution in [0.25, 0.3) is 0 Å². The first-order valence-electron chi connectivity index (χ1n) is 6.43. The number of aliphatic carboxylic acids is 1. The number of aryl methyl sites for hydroxylation is 1. The molecule has 1 atom stereocenters. The van der Waals surface area contributed by atoms with E-state index in [9.17, 15) is 4.79 Å². The van der Waals surface area contributed by atoms with Gasteiger partial charge in [0, 0.05) is 12.6 Å². The first-order valence-corrected chi connectivity index (χ1v) is 6.43. The Morgan fingerprint density at radius 2 is 1.89 bits per heavy atom. The minimum Gasteiger partial charge on any atom is -0.480 e. The van der Waals surface area contributed by atoms with Gasteiger partial charge in [-0.25, -0.2) is 0 Å². The molecule has 3 nitrogen and oxygen atoms in total. The molecular formula is C15H23NO2. The largest absolute Gasteiger partial charge is 0.480 e. The summed E-state index contributed by atoms with van der Waals surface area (Å²) in [6.45, 7) is 9.25. The second-order valence-electron chi connectivity index (χ2n) is 5.25. The Kier molecular flexibility index (Phi) is 5.35. The molecule has 0 aliphatic carbocycles. The maximum atomic E-state index is 11.0. The van der Waals surface area contributed by atoms with E-state index in [1.807, 2.05) is 17.0 Å². The molecule has 1 N–H and O–H groups in total. The van der Waals surface area contributed by atoms with Crippen molar-refractivity contribution >= 4 is 5.97 Å². The Morgan fingerprint density at radius 3 is 2.39 bits per heavy atom. The Hall–Kier alpha value is -1.35. The Bertz CT molecular complexity index is 401. The number of carboxylic acid groups (broad SMARTS) is 1. The Morgan fingerprint density at radius 1 is 1.28 bits per heavy atom. The summed E-state index contributed by atoms with van der Waals surface area (Å²) >= 11 is 0. The lowest BCUT2D eigenvalue weighted by Crippen LogP contribution is -2.35. The predicted molar refractivity (Wildman–Crippen MR) is 73.6 cm³/mol. The quantitative estimate of drug-likeness (QED) is 0.842. The number of rotatable bonds is 6. The third-order valence-electron chi connectivity index (χ3n) is 3.12. The second kappa shape index (κ2) is 6.55. The van der Waals surface area contributed by atoms with Gasteiger partial charge < -0.3 is 5.11 Å². The summed E-state index contributed by atoms with van der Waals surface area (Å²) in [4.78, 5) is 13.0. The lowest BCUT2D eigenvalue weighted by Gasteiger charge is -2.30. The maximum Gasteiger partial charge on any atom is 0.317 e. The molecule has 3 heteroatoms. The maximum absolute atomic E-state index is 11.0. The third kappa shape index (κ3) is 4.15. The monoisotopic (exact) mass is 249 g/mol. The van der Waals surface area contributed by atoms with E-state index in [0.29, 0.717) is 5.92 Å². The molecule has 100 valence electrons. The fourth-order valence-electron chi connectivity index (χ4n) is 2.25. The van der Waals surface area contributed by atoms with E-state index < -0.39 is 5.97 Å². The lowest BCUT2D eigenvalue weighted by atomic mass is 10.0. The molecule has 0 spiro atoms. The standard InChI is InChI=1S/C15H23NO2/c1-11(2)9-16(10-15(17)18)13(4)14-8-6-5-7-12(14)3/h5-8,11,13H,9-10H2,1-4H3,(H,17,18). The number of carbonyl (C=O) groups is 1. The van der Waals surface area contributed by atoms with Gasteiger partial charge in [0.15, 0.2) is 0 Å². The van der Waals surface area contributed by atoms with Crippen LogP contribution in [0.2, 0.25) is 0 Å². The van der Waals surface area contributed by atoms with Crippen molar-refractivity contribution in [1.29, 1.82) is 0 Å². The average Bonchev–Trinajstić information content (AvgIpc) is 2.26. The minimum absolute atomic E-state index is 0.0910. The molecule has 1 aromatic carbocycles. The molecule has 0 saturated carbocycles. The first-order chi connectivity index (χ1) is 8.41. The molecule has 0 aliphatic heterocycles. The highest BCUT2D eigenvalue weighted by molar-refractivity contribution is 5.69. The van der Waals surface area contributed by atoms with Gasteiger partial charge in [-0.15, -0.1) is 0 Å². The van der Waals surface area contributed by atoms with Crippen LogP contribution in [0.1, 0.15) is 37.9 Å². The van der Waals surface area contributed by atoms with E-state index in [-0.39, 0.29) is 12.6 Å². The summed E-state index contributed by atoms with van der Waals surface area (Å²) in [7, 11) is 0. The highest BCUT2D eigenvalue weighted by Crippen LogP contribution is 2.23. The van der Waals surface area contributed by atoms with Crippen molar-refractivity contribution in [2.75, 3.05) is 13.1 Å². The van der Waals surface area contributed by atoms with Crippen LogP contribution in [0.5, 0.6) is 0 Å². The van der Waals surface area contributed by atoms with Crippen molar-refractivity contribution in [3.8, 4) is 0 Å². The van der Waals surface area contributed by atoms with E-state index in [1.54, 1.807) is 0 Å². The lowest BCUT2D eigenvalue weighted by molar-refractivity contribution is -0.139. The zero-order chi connectivity index (χ0) is 13.7. The van der Waals surface area contributed by atoms with Crippen LogP contribution in [0.15, 0.2) is 24.3 Å². The molecule has 0 heterocycles. The molecule has 1 unspecified atom stereocenters. The van der Waals surface area contributed by atoms with Gasteiger partial charge in [-0.05, 0) is 30.9 Å². The van der Waals surface area contributed by atoms with Crippen LogP contribution in [0, 0.1) is 12.8 Å². The van der Waals surface area contributed by atoms with E-state index in [4.69, 9.17) is 5.11 Å². The van der Waals surface area contributed by atoms with Gasteiger partial charge in [0.25, 0.3) is 0 Å². The van der Waals surface area contributed by atoms with Crippen molar-refractivity contribution in [3.63, 3.8) is 0 Å². The van der Waals surface area contributed by atoms with E-state index in [0.717, 1.165) is 6.54 Å². The van der Waals surface area contributed by atoms with Crippen molar-refractivity contribution < 1.29 is 9.90 Å². The SMILES string of the molecule is Cc1ccccc1C(C)N(CC(=O)O)CC(C)C. The molecule has 0 amide bonds. The van der Waals surface area contributed by atoms with Gasteiger partial charge in [-0.2, -0.15) is 0 Å². The normalized spacial score (nSPS) is 13.0. The average molecular weight is 249 g/mol. The fourth-order valence-corrected chi connectivity index (χ4v) is 2.25. The number of benzene rings is 1. The van der Waals surface area contributed by atoms with Crippen LogP contribution in [0.4, 0.5) is 0 Å². The van der Waals surface area contributed by atoms with Crippen molar-refractivity contribution in [3.05, 3.63) is 35.4 Å². The number of hydrogen-bond acceptors (Lipinski definition) is 2. The summed E-state index contributed by atoms with van der Waals surface area (Å²) in [5.74, 6) is -0.313. The van der Waals surface area contributed by atoms with Crippen LogP contribution in [-0.4, -0.2) is 29.1 Å². The number of carboxylic acids is 1. The zero-order valence-electron chi connectivity index (χ0n) is 11.7. The molecule has 0 aliphatic rings. The van der Waals surface area contributed by atoms with Gasteiger partial charge in [0.1, 0.15) is 0 Å². The molecule has 0 saturated heterocycles. The highest BCUT2D eigenvalue weighted by Gasteiger charge is 2.20. The molecule has 0 radical (unpaired) electrons. The van der Waals surface area contributed by atoms with E-state index >= 15 is 0 Å². The summed E-state index contributed by atoms with van der Waals surface area (Å²) in [5, 5.41) is 9.02. The molecule has 18 heavy (non-hydrogen) atoms. The molecule has 0 fully saturated rings. The van der Waals surface area contributed by atoms with Crippen LogP contribution in [-0.2, 0) is 4.79 Å². The van der Waals surface area contributed by atoms with Gasteiger partial charge in [0.05, 0.1) is 6.54 Å². The first kappa shape index (κ1) is 14.7. The Labute approximate surface area is 109 Å². The van der Waals surface area contributed by atoms with Crippen molar-refractivity contribution in [1.82, 2.24) is 4.90 Å².